The molecule has 4 nitrogen and oxygen atoms in total. The Hall–Kier alpha value is -1.13. The van der Waals surface area contributed by atoms with Crippen LogP contribution in [0.4, 0.5) is 0 Å². The number of pyridine rings is 1. The largest absolute Gasteiger partial charge is 0.489 e. The number of fused-ring (bicyclic) bond motifs is 4. The summed E-state index contributed by atoms with van der Waals surface area (Å²) in [6, 6.07) is 3.92. The highest BCUT2D eigenvalue weighted by Crippen LogP contribution is 2.82. The summed E-state index contributed by atoms with van der Waals surface area (Å²) in [6.45, 7) is 8.23. The third-order valence-electron chi connectivity index (χ3n) is 12.6. The van der Waals surface area contributed by atoms with Gasteiger partial charge in [0.25, 0.3) is 0 Å². The van der Waals surface area contributed by atoms with Crippen LogP contribution in [0.2, 0.25) is 0 Å². The van der Waals surface area contributed by atoms with Crippen molar-refractivity contribution in [1.82, 2.24) is 4.98 Å². The van der Waals surface area contributed by atoms with Crippen molar-refractivity contribution in [3.63, 3.8) is 0 Å². The molecule has 2 unspecified atom stereocenters. The number of aliphatic hydroxyl groups excluding tert-OH is 1. The van der Waals surface area contributed by atoms with E-state index in [-0.39, 0.29) is 6.61 Å². The van der Waals surface area contributed by atoms with E-state index in [0.29, 0.717) is 34.9 Å². The van der Waals surface area contributed by atoms with Crippen LogP contribution in [-0.4, -0.2) is 36.5 Å². The van der Waals surface area contributed by atoms with Gasteiger partial charge in [-0.25, -0.2) is 0 Å². The fourth-order valence-electron chi connectivity index (χ4n) is 11.0. The highest BCUT2D eigenvalue weighted by atomic mass is 16.5. The SMILES string of the molecule is COC1C[C@H]2[C@@H]3CC[C@H]([C@H](C)CCc4ncccc4OCCO)[C@@]3(C)CC[C@@H]2[C@@]2(C)CC[C@@H]3CC132. The van der Waals surface area contributed by atoms with E-state index in [1.54, 1.807) is 0 Å². The molecule has 35 heavy (non-hydrogen) atoms. The Labute approximate surface area is 212 Å². The molecule has 0 aliphatic heterocycles. The third-order valence-corrected chi connectivity index (χ3v) is 12.6. The van der Waals surface area contributed by atoms with E-state index in [1.165, 1.54) is 51.4 Å². The van der Waals surface area contributed by atoms with E-state index >= 15 is 0 Å². The summed E-state index contributed by atoms with van der Waals surface area (Å²) < 4.78 is 12.1. The molecule has 5 aliphatic rings. The maximum atomic E-state index is 9.16. The first kappa shape index (κ1) is 24.2. The minimum absolute atomic E-state index is 0.0411. The number of aliphatic hydroxyl groups is 1. The van der Waals surface area contributed by atoms with Crippen LogP contribution in [0.3, 0.4) is 0 Å². The van der Waals surface area contributed by atoms with Gasteiger partial charge in [-0.2, -0.15) is 0 Å². The Morgan fingerprint density at radius 1 is 1.14 bits per heavy atom. The van der Waals surface area contributed by atoms with Crippen LogP contribution in [0, 0.1) is 51.8 Å². The fraction of sp³-hybridized carbons (Fsp3) is 0.839. The Kier molecular flexibility index (Phi) is 6.04. The molecular formula is C31H47NO3. The Balaban J connectivity index is 1.17. The molecule has 0 bridgehead atoms. The lowest BCUT2D eigenvalue weighted by atomic mass is 9.45. The zero-order valence-corrected chi connectivity index (χ0v) is 22.5. The number of nitrogens with zero attached hydrogens (tertiary/aromatic N) is 1. The minimum atomic E-state index is 0.0411. The molecule has 194 valence electrons. The van der Waals surface area contributed by atoms with Crippen molar-refractivity contribution in [2.45, 2.75) is 91.1 Å². The molecule has 0 aromatic carbocycles. The Morgan fingerprint density at radius 3 is 2.77 bits per heavy atom. The summed E-state index contributed by atoms with van der Waals surface area (Å²) in [7, 11) is 2.01. The number of aromatic nitrogens is 1. The molecule has 4 heteroatoms. The number of rotatable bonds is 8. The fourth-order valence-corrected chi connectivity index (χ4v) is 11.0. The van der Waals surface area contributed by atoms with Crippen molar-refractivity contribution in [3.05, 3.63) is 24.0 Å². The standard InChI is InChI=1S/C31H47NO3/c1-20(7-10-26-27(35-17-16-33)6-5-15-32-26)23-8-9-24-22-18-28(34-4)31-19-21(31)11-14-30(31,3)25(22)12-13-29(23,24)2/h5-6,15,20-25,28,33H,7-14,16-19H2,1-4H3/t20-,21-,22+,23-,24+,25+,28?,29-,30-,31?/m1/s1. The van der Waals surface area contributed by atoms with Crippen LogP contribution >= 0.6 is 0 Å². The second-order valence-electron chi connectivity index (χ2n) is 13.5. The van der Waals surface area contributed by atoms with Crippen molar-refractivity contribution >= 4 is 0 Å². The highest BCUT2D eigenvalue weighted by molar-refractivity contribution is 5.28. The predicted molar refractivity (Wildman–Crippen MR) is 138 cm³/mol. The molecule has 1 aromatic heterocycles. The Morgan fingerprint density at radius 2 is 2.00 bits per heavy atom. The number of hydrogen-bond acceptors (Lipinski definition) is 4. The maximum Gasteiger partial charge on any atom is 0.140 e. The third kappa shape index (κ3) is 3.41. The number of ether oxygens (including phenoxy) is 2. The molecule has 6 rings (SSSR count). The molecule has 0 amide bonds. The van der Waals surface area contributed by atoms with E-state index in [4.69, 9.17) is 14.6 Å². The van der Waals surface area contributed by atoms with E-state index < -0.39 is 0 Å². The van der Waals surface area contributed by atoms with Crippen LogP contribution in [0.15, 0.2) is 18.3 Å². The van der Waals surface area contributed by atoms with Gasteiger partial charge in [0.05, 0.1) is 18.4 Å². The average molecular weight is 482 g/mol. The topological polar surface area (TPSA) is 51.6 Å². The molecule has 5 fully saturated rings. The smallest absolute Gasteiger partial charge is 0.140 e. The van der Waals surface area contributed by atoms with Gasteiger partial charge in [-0.3, -0.25) is 4.98 Å². The normalized spacial score (nSPS) is 46.3. The first-order valence-electron chi connectivity index (χ1n) is 14.6. The maximum absolute atomic E-state index is 9.16. The minimum Gasteiger partial charge on any atom is -0.489 e. The van der Waals surface area contributed by atoms with E-state index in [0.717, 1.165) is 53.9 Å². The monoisotopic (exact) mass is 481 g/mol. The van der Waals surface area contributed by atoms with Gasteiger partial charge in [-0.15, -0.1) is 0 Å². The summed E-state index contributed by atoms with van der Waals surface area (Å²) in [5.41, 5.74) is 2.57. The van der Waals surface area contributed by atoms with E-state index in [9.17, 15) is 0 Å². The van der Waals surface area contributed by atoms with Gasteiger partial charge in [0.1, 0.15) is 12.4 Å². The van der Waals surface area contributed by atoms with Gasteiger partial charge in [-0.1, -0.05) is 20.8 Å². The van der Waals surface area contributed by atoms with E-state index in [2.05, 4.69) is 25.8 Å². The van der Waals surface area contributed by atoms with Crippen molar-refractivity contribution in [2.75, 3.05) is 20.3 Å². The zero-order valence-electron chi connectivity index (χ0n) is 22.5. The second-order valence-corrected chi connectivity index (χ2v) is 13.5. The van der Waals surface area contributed by atoms with Crippen molar-refractivity contribution < 1.29 is 14.6 Å². The molecule has 0 radical (unpaired) electrons. The molecule has 1 spiro atoms. The summed E-state index contributed by atoms with van der Waals surface area (Å²) in [4.78, 5) is 4.63. The van der Waals surface area contributed by atoms with Crippen LogP contribution in [0.25, 0.3) is 0 Å². The predicted octanol–water partition coefficient (Wildman–Crippen LogP) is 6.31. The quantitative estimate of drug-likeness (QED) is 0.473. The Bertz CT molecular complexity index is 936. The number of aryl methyl sites for hydroxylation is 1. The molecular weight excluding hydrogens is 434 g/mol. The van der Waals surface area contributed by atoms with Gasteiger partial charge < -0.3 is 14.6 Å². The van der Waals surface area contributed by atoms with E-state index in [1.807, 2.05) is 25.4 Å². The lowest BCUT2D eigenvalue weighted by Crippen LogP contribution is -2.57. The summed E-state index contributed by atoms with van der Waals surface area (Å²) in [6.07, 6.45) is 15.9. The van der Waals surface area contributed by atoms with Crippen LogP contribution in [-0.2, 0) is 11.2 Å². The molecule has 1 N–H and O–H groups in total. The van der Waals surface area contributed by atoms with Gasteiger partial charge in [-0.05, 0) is 123 Å². The molecule has 5 saturated carbocycles. The van der Waals surface area contributed by atoms with Crippen LogP contribution < -0.4 is 4.74 Å². The summed E-state index contributed by atoms with van der Waals surface area (Å²) in [5.74, 6) is 5.96. The molecule has 1 aromatic rings. The van der Waals surface area contributed by atoms with Crippen molar-refractivity contribution in [3.8, 4) is 5.75 Å². The second kappa shape index (κ2) is 8.72. The average Bonchev–Trinajstić information content (AvgIpc) is 3.37. The van der Waals surface area contributed by atoms with Gasteiger partial charge in [0.15, 0.2) is 0 Å². The van der Waals surface area contributed by atoms with Crippen LogP contribution in [0.5, 0.6) is 5.75 Å². The highest BCUT2D eigenvalue weighted by Gasteiger charge is 2.77. The molecule has 1 heterocycles. The van der Waals surface area contributed by atoms with Crippen molar-refractivity contribution in [1.29, 1.82) is 0 Å². The lowest BCUT2D eigenvalue weighted by Gasteiger charge is -2.61. The number of hydrogen-bond donors (Lipinski definition) is 1. The van der Waals surface area contributed by atoms with Crippen molar-refractivity contribution in [2.24, 2.45) is 51.8 Å². The lowest BCUT2D eigenvalue weighted by molar-refractivity contribution is -0.161. The first-order chi connectivity index (χ1) is 16.9. The first-order valence-corrected chi connectivity index (χ1v) is 14.6. The molecule has 5 aliphatic carbocycles. The summed E-state index contributed by atoms with van der Waals surface area (Å²) >= 11 is 0. The van der Waals surface area contributed by atoms with Gasteiger partial charge in [0.2, 0.25) is 0 Å². The van der Waals surface area contributed by atoms with Crippen LogP contribution in [0.1, 0.15) is 84.3 Å². The summed E-state index contributed by atoms with van der Waals surface area (Å²) in [5, 5.41) is 9.16. The zero-order chi connectivity index (χ0) is 24.4. The van der Waals surface area contributed by atoms with Gasteiger partial charge >= 0.3 is 0 Å². The number of methoxy groups -OCH3 is 1. The molecule has 10 atom stereocenters. The molecule has 0 saturated heterocycles. The van der Waals surface area contributed by atoms with Gasteiger partial charge in [0, 0.05) is 18.7 Å².